The van der Waals surface area contributed by atoms with Gasteiger partial charge in [-0.05, 0) is 0 Å². The Balaban J connectivity index is 2.50. The third kappa shape index (κ3) is 3.38. The van der Waals surface area contributed by atoms with E-state index < -0.39 is 0 Å². The molecule has 1 nitrogen and oxygen atoms in total. The van der Waals surface area contributed by atoms with Crippen molar-refractivity contribution >= 4 is 21.4 Å². The molecule has 2 heteroatoms. The van der Waals surface area contributed by atoms with Gasteiger partial charge in [0, 0.05) is 0 Å². The summed E-state index contributed by atoms with van der Waals surface area (Å²) in [6, 6.07) is 10.2. The molecule has 0 aliphatic heterocycles. The molecule has 0 amide bonds. The van der Waals surface area contributed by atoms with Crippen molar-refractivity contribution < 1.29 is 3.82 Å². The summed E-state index contributed by atoms with van der Waals surface area (Å²) < 4.78 is 4.94. The first-order chi connectivity index (χ1) is 5.43. The van der Waals surface area contributed by atoms with Crippen molar-refractivity contribution in [3.05, 3.63) is 40.9 Å². The molecule has 0 atom stereocenters. The average molecular weight is 213 g/mol. The van der Waals surface area contributed by atoms with E-state index in [0.717, 1.165) is 0 Å². The van der Waals surface area contributed by atoms with Crippen LogP contribution < -0.4 is 0 Å². The fourth-order valence-corrected chi connectivity index (χ4v) is 1.41. The molecule has 1 aromatic rings. The van der Waals surface area contributed by atoms with Gasteiger partial charge in [0.1, 0.15) is 0 Å². The Bertz CT molecular complexity index is 218. The zero-order valence-corrected chi connectivity index (χ0v) is 8.07. The predicted octanol–water partition coefficient (Wildman–Crippen LogP) is 1.92. The van der Waals surface area contributed by atoms with E-state index in [0.29, 0.717) is 0 Å². The van der Waals surface area contributed by atoms with Gasteiger partial charge in [0.25, 0.3) is 0 Å². The molecule has 0 aliphatic carbocycles. The Kier molecular flexibility index (Phi) is 3.99. The summed E-state index contributed by atoms with van der Waals surface area (Å²) in [5.41, 5.74) is 1.23. The molecule has 0 radical (unpaired) electrons. The maximum atomic E-state index is 4.94. The van der Waals surface area contributed by atoms with E-state index in [9.17, 15) is 0 Å². The van der Waals surface area contributed by atoms with Gasteiger partial charge in [0.05, 0.1) is 0 Å². The van der Waals surface area contributed by atoms with Gasteiger partial charge < -0.3 is 0 Å². The molecule has 0 bridgehead atoms. The summed E-state index contributed by atoms with van der Waals surface area (Å²) in [7, 11) is 1.72. The van der Waals surface area contributed by atoms with E-state index in [-0.39, 0.29) is 15.3 Å². The summed E-state index contributed by atoms with van der Waals surface area (Å²) in [5, 5.41) is 0. The molecule has 0 saturated carbocycles. The fourth-order valence-electron chi connectivity index (χ4n) is 0.726. The van der Waals surface area contributed by atoms with Crippen molar-refractivity contribution in [2.45, 2.75) is 0 Å². The standard InChI is InChI=1S/C9H10OSe/c1-10-11-8-7-9-5-3-2-4-6-9/h2-8H,1H3/b8-7+. The molecule has 1 rings (SSSR count). The van der Waals surface area contributed by atoms with Crippen LogP contribution in [-0.2, 0) is 3.82 Å². The average Bonchev–Trinajstić information content (AvgIpc) is 2.07. The summed E-state index contributed by atoms with van der Waals surface area (Å²) in [6.45, 7) is 0. The van der Waals surface area contributed by atoms with Crippen molar-refractivity contribution in [2.24, 2.45) is 0 Å². The first-order valence-corrected chi connectivity index (χ1v) is 5.03. The fraction of sp³-hybridized carbons (Fsp3) is 0.111. The minimum absolute atomic E-state index is 0.190. The molecule has 11 heavy (non-hydrogen) atoms. The molecule has 0 unspecified atom stereocenters. The normalized spacial score (nSPS) is 10.6. The summed E-state index contributed by atoms with van der Waals surface area (Å²) in [4.78, 5) is 2.06. The van der Waals surface area contributed by atoms with Crippen molar-refractivity contribution in [1.29, 1.82) is 0 Å². The van der Waals surface area contributed by atoms with E-state index in [1.807, 2.05) is 18.2 Å². The molecule has 0 heterocycles. The van der Waals surface area contributed by atoms with Gasteiger partial charge in [-0.1, -0.05) is 0 Å². The molecular formula is C9H10OSe. The van der Waals surface area contributed by atoms with Gasteiger partial charge >= 0.3 is 73.2 Å². The van der Waals surface area contributed by atoms with Crippen molar-refractivity contribution in [3.63, 3.8) is 0 Å². The first-order valence-electron chi connectivity index (χ1n) is 3.34. The van der Waals surface area contributed by atoms with Crippen LogP contribution in [0.5, 0.6) is 0 Å². The van der Waals surface area contributed by atoms with Gasteiger partial charge in [-0.25, -0.2) is 0 Å². The second kappa shape index (κ2) is 5.14. The van der Waals surface area contributed by atoms with Gasteiger partial charge in [-0.2, -0.15) is 0 Å². The van der Waals surface area contributed by atoms with Crippen LogP contribution in [-0.4, -0.2) is 22.4 Å². The van der Waals surface area contributed by atoms with Gasteiger partial charge in [-0.15, -0.1) is 0 Å². The molecule has 0 spiro atoms. The van der Waals surface area contributed by atoms with Gasteiger partial charge in [0.2, 0.25) is 0 Å². The topological polar surface area (TPSA) is 9.23 Å². The van der Waals surface area contributed by atoms with Crippen LogP contribution in [0.4, 0.5) is 0 Å². The zero-order chi connectivity index (χ0) is 7.94. The summed E-state index contributed by atoms with van der Waals surface area (Å²) in [5.74, 6) is 0. The van der Waals surface area contributed by atoms with Gasteiger partial charge in [-0.3, -0.25) is 0 Å². The third-order valence-corrected chi connectivity index (χ3v) is 2.13. The summed E-state index contributed by atoms with van der Waals surface area (Å²) in [6.07, 6.45) is 2.07. The molecular weight excluding hydrogens is 203 g/mol. The minimum atomic E-state index is 0.190. The van der Waals surface area contributed by atoms with Gasteiger partial charge in [0.15, 0.2) is 0 Å². The number of benzene rings is 1. The molecule has 1 aromatic carbocycles. The first kappa shape index (κ1) is 8.54. The van der Waals surface area contributed by atoms with E-state index >= 15 is 0 Å². The van der Waals surface area contributed by atoms with E-state index in [4.69, 9.17) is 3.82 Å². The maximum absolute atomic E-state index is 4.94. The van der Waals surface area contributed by atoms with Crippen LogP contribution in [0.2, 0.25) is 0 Å². The molecule has 58 valence electrons. The van der Waals surface area contributed by atoms with Crippen LogP contribution >= 0.6 is 0 Å². The second-order valence-corrected chi connectivity index (χ2v) is 3.65. The zero-order valence-electron chi connectivity index (χ0n) is 6.36. The molecule has 0 fully saturated rings. The van der Waals surface area contributed by atoms with Crippen molar-refractivity contribution in [3.8, 4) is 0 Å². The SMILES string of the molecule is CO[Se]/C=C/c1ccccc1. The predicted molar refractivity (Wildman–Crippen MR) is 48.2 cm³/mol. The van der Waals surface area contributed by atoms with Crippen LogP contribution in [0.1, 0.15) is 5.56 Å². The van der Waals surface area contributed by atoms with Crippen molar-refractivity contribution in [2.75, 3.05) is 7.11 Å². The second-order valence-electron chi connectivity index (χ2n) is 1.98. The van der Waals surface area contributed by atoms with Crippen LogP contribution in [0.25, 0.3) is 6.08 Å². The Hall–Kier alpha value is -0.561. The Morgan fingerprint density at radius 2 is 2.00 bits per heavy atom. The Morgan fingerprint density at radius 1 is 1.27 bits per heavy atom. The Morgan fingerprint density at radius 3 is 2.64 bits per heavy atom. The van der Waals surface area contributed by atoms with E-state index in [1.54, 1.807) is 7.11 Å². The van der Waals surface area contributed by atoms with Crippen LogP contribution in [0.15, 0.2) is 35.3 Å². The molecule has 0 saturated heterocycles. The van der Waals surface area contributed by atoms with Crippen LogP contribution in [0, 0.1) is 0 Å². The summed E-state index contributed by atoms with van der Waals surface area (Å²) >= 11 is 0.190. The number of rotatable bonds is 3. The van der Waals surface area contributed by atoms with Crippen molar-refractivity contribution in [1.82, 2.24) is 0 Å². The van der Waals surface area contributed by atoms with Crippen LogP contribution in [0.3, 0.4) is 0 Å². The molecule has 0 N–H and O–H groups in total. The van der Waals surface area contributed by atoms with E-state index in [1.165, 1.54) is 5.56 Å². The molecule has 0 aromatic heterocycles. The quantitative estimate of drug-likeness (QED) is 0.697. The molecule has 0 aliphatic rings. The Labute approximate surface area is 73.6 Å². The number of hydrogen-bond donors (Lipinski definition) is 0. The van der Waals surface area contributed by atoms with E-state index in [2.05, 4.69) is 23.2 Å². The monoisotopic (exact) mass is 214 g/mol. The number of hydrogen-bond acceptors (Lipinski definition) is 1. The third-order valence-electron chi connectivity index (χ3n) is 1.21.